The number of aliphatic hydroxyl groups is 3. The quantitative estimate of drug-likeness (QED) is 0.284. The van der Waals surface area contributed by atoms with E-state index in [1.165, 1.54) is 0 Å². The Labute approximate surface area is 204 Å². The third-order valence-electron chi connectivity index (χ3n) is 8.33. The number of hydrogen-bond donors (Lipinski definition) is 3. The van der Waals surface area contributed by atoms with Crippen LogP contribution in [0.25, 0.3) is 0 Å². The average Bonchev–Trinajstić information content (AvgIpc) is 3.32. The van der Waals surface area contributed by atoms with E-state index in [9.17, 15) is 20.1 Å². The molecule has 3 aliphatic rings. The van der Waals surface area contributed by atoms with Gasteiger partial charge in [0.25, 0.3) is 0 Å². The van der Waals surface area contributed by atoms with Crippen molar-refractivity contribution < 1.29 is 39.1 Å². The highest BCUT2D eigenvalue weighted by Gasteiger charge is 2.55. The molecule has 198 valence electrons. The molecule has 2 bridgehead atoms. The van der Waals surface area contributed by atoms with Crippen LogP contribution in [0.2, 0.25) is 0 Å². The second-order valence-corrected chi connectivity index (χ2v) is 11.4. The van der Waals surface area contributed by atoms with E-state index >= 15 is 0 Å². The Morgan fingerprint density at radius 3 is 2.44 bits per heavy atom. The Balaban J connectivity index is 1.58. The van der Waals surface area contributed by atoms with Crippen molar-refractivity contribution in [1.82, 2.24) is 0 Å². The molecule has 1 heterocycles. The molecular weight excluding hydrogens is 440 g/mol. The molecule has 3 rings (SSSR count). The summed E-state index contributed by atoms with van der Waals surface area (Å²) in [5, 5.41) is 31.3. The molecule has 0 aromatic carbocycles. The minimum absolute atomic E-state index is 0.131. The molecule has 8 heteroatoms. The van der Waals surface area contributed by atoms with E-state index in [0.717, 1.165) is 44.9 Å². The van der Waals surface area contributed by atoms with Gasteiger partial charge >= 0.3 is 5.97 Å². The highest BCUT2D eigenvalue weighted by Crippen LogP contribution is 2.46. The van der Waals surface area contributed by atoms with Crippen LogP contribution in [0.15, 0.2) is 0 Å². The summed E-state index contributed by atoms with van der Waals surface area (Å²) in [6.45, 7) is 10.0. The van der Waals surface area contributed by atoms with Gasteiger partial charge < -0.3 is 34.3 Å². The lowest BCUT2D eigenvalue weighted by Crippen LogP contribution is -2.47. The summed E-state index contributed by atoms with van der Waals surface area (Å²) in [5.74, 6) is -0.565. The molecule has 3 N–H and O–H groups in total. The van der Waals surface area contributed by atoms with E-state index in [2.05, 4.69) is 13.8 Å². The van der Waals surface area contributed by atoms with Gasteiger partial charge in [0.05, 0.1) is 12.0 Å². The van der Waals surface area contributed by atoms with Crippen molar-refractivity contribution >= 4 is 5.97 Å². The molecule has 8 nitrogen and oxygen atoms in total. The van der Waals surface area contributed by atoms with Gasteiger partial charge in [-0.25, -0.2) is 0 Å². The molecular formula is C26H46O8. The Morgan fingerprint density at radius 2 is 1.85 bits per heavy atom. The second kappa shape index (κ2) is 11.5. The summed E-state index contributed by atoms with van der Waals surface area (Å²) in [7, 11) is 0. The lowest BCUT2D eigenvalue weighted by Gasteiger charge is -2.37. The van der Waals surface area contributed by atoms with Crippen LogP contribution in [-0.4, -0.2) is 64.6 Å². The average molecular weight is 487 g/mol. The van der Waals surface area contributed by atoms with Crippen LogP contribution in [0.1, 0.15) is 92.4 Å². The first-order chi connectivity index (χ1) is 16.0. The SMILES string of the molecule is CCC1(OC(=O)C2CC3CC(O)OC2C3OC(O)COC(O)C(C)(CC)CC(C)C)CCCC1. The summed E-state index contributed by atoms with van der Waals surface area (Å²) < 4.78 is 23.2. The van der Waals surface area contributed by atoms with Crippen molar-refractivity contribution in [3.63, 3.8) is 0 Å². The van der Waals surface area contributed by atoms with Crippen LogP contribution < -0.4 is 0 Å². The third-order valence-corrected chi connectivity index (χ3v) is 8.33. The first-order valence-electron chi connectivity index (χ1n) is 13.2. The zero-order valence-corrected chi connectivity index (χ0v) is 21.6. The molecule has 8 atom stereocenters. The van der Waals surface area contributed by atoms with E-state index in [1.807, 2.05) is 20.8 Å². The molecule has 0 spiro atoms. The fourth-order valence-corrected chi connectivity index (χ4v) is 6.19. The Morgan fingerprint density at radius 1 is 1.18 bits per heavy atom. The monoisotopic (exact) mass is 486 g/mol. The molecule has 1 aliphatic heterocycles. The van der Waals surface area contributed by atoms with Crippen LogP contribution in [0, 0.1) is 23.2 Å². The minimum Gasteiger partial charge on any atom is -0.459 e. The lowest BCUT2D eigenvalue weighted by molar-refractivity contribution is -0.271. The number of aliphatic hydroxyl groups excluding tert-OH is 3. The summed E-state index contributed by atoms with van der Waals surface area (Å²) in [6, 6.07) is 0. The van der Waals surface area contributed by atoms with Crippen molar-refractivity contribution in [3.05, 3.63) is 0 Å². The minimum atomic E-state index is -1.28. The van der Waals surface area contributed by atoms with Gasteiger partial charge in [0.15, 0.2) is 18.9 Å². The first-order valence-corrected chi connectivity index (χ1v) is 13.2. The molecule has 2 aliphatic carbocycles. The number of carbonyl (C=O) groups is 1. The maximum absolute atomic E-state index is 13.1. The predicted octanol–water partition coefficient (Wildman–Crippen LogP) is 3.50. The van der Waals surface area contributed by atoms with E-state index < -0.39 is 48.0 Å². The summed E-state index contributed by atoms with van der Waals surface area (Å²) in [4.78, 5) is 13.1. The maximum atomic E-state index is 13.1. The molecule has 3 fully saturated rings. The third kappa shape index (κ3) is 6.31. The van der Waals surface area contributed by atoms with Gasteiger partial charge in [-0.1, -0.05) is 34.6 Å². The zero-order chi connectivity index (χ0) is 25.1. The molecule has 34 heavy (non-hydrogen) atoms. The van der Waals surface area contributed by atoms with Crippen molar-refractivity contribution in [3.8, 4) is 0 Å². The zero-order valence-electron chi connectivity index (χ0n) is 21.6. The molecule has 0 amide bonds. The summed E-state index contributed by atoms with van der Waals surface area (Å²) in [5.41, 5.74) is -0.816. The van der Waals surface area contributed by atoms with E-state index in [1.54, 1.807) is 0 Å². The Bertz CT molecular complexity index is 663. The number of hydrogen-bond acceptors (Lipinski definition) is 8. The van der Waals surface area contributed by atoms with Gasteiger partial charge in [0.1, 0.15) is 18.3 Å². The van der Waals surface area contributed by atoms with Crippen LogP contribution in [0.4, 0.5) is 0 Å². The van der Waals surface area contributed by atoms with Gasteiger partial charge in [0.2, 0.25) is 0 Å². The number of esters is 1. The second-order valence-electron chi connectivity index (χ2n) is 11.4. The molecule has 0 aromatic heterocycles. The van der Waals surface area contributed by atoms with Crippen molar-refractivity contribution in [2.24, 2.45) is 23.2 Å². The largest absolute Gasteiger partial charge is 0.459 e. The van der Waals surface area contributed by atoms with Gasteiger partial charge in [-0.2, -0.15) is 0 Å². The Hall–Kier alpha value is -0.770. The van der Waals surface area contributed by atoms with Gasteiger partial charge in [-0.15, -0.1) is 0 Å². The maximum Gasteiger partial charge on any atom is 0.312 e. The van der Waals surface area contributed by atoms with Crippen LogP contribution in [-0.2, 0) is 23.7 Å². The normalized spacial score (nSPS) is 34.1. The molecule has 8 unspecified atom stereocenters. The lowest BCUT2D eigenvalue weighted by atomic mass is 9.79. The van der Waals surface area contributed by atoms with E-state index in [0.29, 0.717) is 18.8 Å². The molecule has 0 radical (unpaired) electrons. The van der Waals surface area contributed by atoms with E-state index in [4.69, 9.17) is 18.9 Å². The van der Waals surface area contributed by atoms with Crippen LogP contribution in [0.3, 0.4) is 0 Å². The van der Waals surface area contributed by atoms with Gasteiger partial charge in [-0.05, 0) is 63.2 Å². The first kappa shape index (κ1) is 27.8. The molecule has 2 saturated carbocycles. The number of fused-ring (bicyclic) bond motifs is 2. The highest BCUT2D eigenvalue weighted by molar-refractivity contribution is 5.74. The van der Waals surface area contributed by atoms with Crippen molar-refractivity contribution in [1.29, 1.82) is 0 Å². The smallest absolute Gasteiger partial charge is 0.312 e. The summed E-state index contributed by atoms with van der Waals surface area (Å²) in [6.07, 6.45) is 2.52. The summed E-state index contributed by atoms with van der Waals surface area (Å²) >= 11 is 0. The number of rotatable bonds is 12. The van der Waals surface area contributed by atoms with Gasteiger partial charge in [-0.3, -0.25) is 4.79 Å². The Kier molecular flexibility index (Phi) is 9.43. The van der Waals surface area contributed by atoms with Crippen LogP contribution in [0.5, 0.6) is 0 Å². The predicted molar refractivity (Wildman–Crippen MR) is 125 cm³/mol. The fraction of sp³-hybridized carbons (Fsp3) is 0.962. The molecule has 1 saturated heterocycles. The number of carbonyl (C=O) groups excluding carboxylic acids is 1. The van der Waals surface area contributed by atoms with Crippen molar-refractivity contribution in [2.75, 3.05) is 6.61 Å². The van der Waals surface area contributed by atoms with Gasteiger partial charge in [0, 0.05) is 11.8 Å². The topological polar surface area (TPSA) is 115 Å². The number of ether oxygens (including phenoxy) is 4. The molecule has 0 aromatic rings. The standard InChI is InChI=1S/C26H46O8/c1-6-25(5,14-16(3)4)24(30)31-15-20(28)33-21-17-12-18(22(21)32-19(27)13-17)23(29)34-26(7-2)10-8-9-11-26/h16-22,24,27-28,30H,6-15H2,1-5H3. The van der Waals surface area contributed by atoms with E-state index in [-0.39, 0.29) is 18.5 Å². The van der Waals surface area contributed by atoms with Crippen molar-refractivity contribution in [2.45, 2.75) is 129 Å². The van der Waals surface area contributed by atoms with Crippen LogP contribution >= 0.6 is 0 Å². The fourth-order valence-electron chi connectivity index (χ4n) is 6.19. The highest BCUT2D eigenvalue weighted by atomic mass is 16.7.